The number of likely N-dealkylation sites (N-methyl/N-ethyl adjacent to an activating group) is 1. The Morgan fingerprint density at radius 2 is 2.09 bits per heavy atom. The van der Waals surface area contributed by atoms with Gasteiger partial charge in [-0.25, -0.2) is 4.98 Å². The number of carbonyl (C=O) groups excluding carboxylic acids is 1. The predicted octanol–water partition coefficient (Wildman–Crippen LogP) is 0.648. The molecule has 23 heavy (non-hydrogen) atoms. The maximum absolute atomic E-state index is 12.1. The fourth-order valence-corrected chi connectivity index (χ4v) is 3.60. The number of nitrogens with zero attached hydrogens (tertiary/aromatic N) is 3. The van der Waals surface area contributed by atoms with Crippen LogP contribution >= 0.6 is 11.3 Å². The number of nitrogens with two attached hydrogens (primary N) is 1. The maximum atomic E-state index is 12.1. The lowest BCUT2D eigenvalue weighted by molar-refractivity contribution is 0.0929. The summed E-state index contributed by atoms with van der Waals surface area (Å²) < 4.78 is 0. The van der Waals surface area contributed by atoms with Crippen LogP contribution in [0.1, 0.15) is 29.3 Å². The van der Waals surface area contributed by atoms with Gasteiger partial charge in [-0.05, 0) is 19.0 Å². The van der Waals surface area contributed by atoms with E-state index in [-0.39, 0.29) is 5.91 Å². The number of nitrogens with one attached hydrogen (secondary N) is 1. The van der Waals surface area contributed by atoms with Gasteiger partial charge in [-0.1, -0.05) is 13.8 Å². The van der Waals surface area contributed by atoms with Gasteiger partial charge in [0.1, 0.15) is 5.69 Å². The molecule has 1 unspecified atom stereocenters. The SMILES string of the molecule is CCN1CCN(CC(C)CNC(=O)c2csc(CCN)n2)CC1. The Morgan fingerprint density at radius 3 is 2.74 bits per heavy atom. The summed E-state index contributed by atoms with van der Waals surface area (Å²) >= 11 is 1.50. The first-order valence-corrected chi connectivity index (χ1v) is 9.37. The molecule has 0 saturated carbocycles. The molecule has 1 amide bonds. The zero-order chi connectivity index (χ0) is 16.7. The molecule has 2 rings (SSSR count). The smallest absolute Gasteiger partial charge is 0.270 e. The third kappa shape index (κ3) is 5.84. The molecule has 130 valence electrons. The van der Waals surface area contributed by atoms with Crippen molar-refractivity contribution in [2.75, 3.05) is 52.4 Å². The zero-order valence-corrected chi connectivity index (χ0v) is 15.1. The van der Waals surface area contributed by atoms with Crippen molar-refractivity contribution in [3.8, 4) is 0 Å². The largest absolute Gasteiger partial charge is 0.350 e. The predicted molar refractivity (Wildman–Crippen MR) is 94.9 cm³/mol. The lowest BCUT2D eigenvalue weighted by Crippen LogP contribution is -2.48. The summed E-state index contributed by atoms with van der Waals surface area (Å²) in [5.41, 5.74) is 6.03. The highest BCUT2D eigenvalue weighted by molar-refractivity contribution is 7.09. The van der Waals surface area contributed by atoms with E-state index in [1.807, 2.05) is 5.38 Å². The lowest BCUT2D eigenvalue weighted by Gasteiger charge is -2.35. The number of hydrogen-bond acceptors (Lipinski definition) is 6. The van der Waals surface area contributed by atoms with Crippen molar-refractivity contribution in [3.63, 3.8) is 0 Å². The molecule has 0 spiro atoms. The van der Waals surface area contributed by atoms with E-state index in [4.69, 9.17) is 5.73 Å². The van der Waals surface area contributed by atoms with Crippen LogP contribution < -0.4 is 11.1 Å². The molecule has 1 aliphatic heterocycles. The van der Waals surface area contributed by atoms with E-state index in [1.165, 1.54) is 11.3 Å². The summed E-state index contributed by atoms with van der Waals surface area (Å²) in [6.45, 7) is 12.4. The monoisotopic (exact) mass is 339 g/mol. The number of rotatable bonds is 8. The summed E-state index contributed by atoms with van der Waals surface area (Å²) in [4.78, 5) is 21.4. The Hall–Kier alpha value is -1.02. The number of aromatic nitrogens is 1. The minimum Gasteiger partial charge on any atom is -0.350 e. The number of hydrogen-bond donors (Lipinski definition) is 2. The van der Waals surface area contributed by atoms with Gasteiger partial charge in [-0.3, -0.25) is 4.79 Å². The molecular formula is C16H29N5OS. The van der Waals surface area contributed by atoms with Crippen LogP contribution in [-0.4, -0.2) is 73.0 Å². The molecule has 6 nitrogen and oxygen atoms in total. The topological polar surface area (TPSA) is 74.5 Å². The van der Waals surface area contributed by atoms with E-state index in [0.29, 0.717) is 24.7 Å². The van der Waals surface area contributed by atoms with Crippen molar-refractivity contribution in [2.24, 2.45) is 11.7 Å². The normalized spacial score (nSPS) is 18.0. The van der Waals surface area contributed by atoms with Gasteiger partial charge in [0.2, 0.25) is 0 Å². The van der Waals surface area contributed by atoms with E-state index in [9.17, 15) is 4.79 Å². The van der Waals surface area contributed by atoms with Crippen LogP contribution in [0.4, 0.5) is 0 Å². The molecule has 1 fully saturated rings. The fourth-order valence-electron chi connectivity index (χ4n) is 2.80. The van der Waals surface area contributed by atoms with Crippen LogP contribution in [0.25, 0.3) is 0 Å². The fraction of sp³-hybridized carbons (Fsp3) is 0.750. The van der Waals surface area contributed by atoms with Gasteiger partial charge >= 0.3 is 0 Å². The van der Waals surface area contributed by atoms with Crippen LogP contribution in [0.3, 0.4) is 0 Å². The molecule has 1 aromatic rings. The first-order valence-electron chi connectivity index (χ1n) is 8.49. The van der Waals surface area contributed by atoms with Gasteiger partial charge in [-0.2, -0.15) is 0 Å². The minimum absolute atomic E-state index is 0.0767. The standard InChI is InChI=1S/C16H29N5OS/c1-3-20-6-8-21(9-7-20)11-13(2)10-18-16(22)14-12-23-15(19-14)4-5-17/h12-13H,3-11,17H2,1-2H3,(H,18,22). The second-order valence-corrected chi connectivity index (χ2v) is 7.16. The third-order valence-electron chi connectivity index (χ3n) is 4.24. The van der Waals surface area contributed by atoms with E-state index < -0.39 is 0 Å². The van der Waals surface area contributed by atoms with Gasteiger partial charge in [0, 0.05) is 51.1 Å². The van der Waals surface area contributed by atoms with E-state index in [0.717, 1.165) is 50.7 Å². The molecule has 1 aliphatic rings. The van der Waals surface area contributed by atoms with Gasteiger partial charge in [0.05, 0.1) is 5.01 Å². The second kappa shape index (κ2) is 9.32. The van der Waals surface area contributed by atoms with E-state index in [1.54, 1.807) is 0 Å². The maximum Gasteiger partial charge on any atom is 0.270 e. The summed E-state index contributed by atoms with van der Waals surface area (Å²) in [6.07, 6.45) is 0.734. The van der Waals surface area contributed by atoms with Crippen molar-refractivity contribution < 1.29 is 4.79 Å². The van der Waals surface area contributed by atoms with Gasteiger partial charge in [0.25, 0.3) is 5.91 Å². The molecule has 1 aromatic heterocycles. The molecule has 2 heterocycles. The molecule has 1 atom stereocenters. The van der Waals surface area contributed by atoms with Crippen LogP contribution in [0.15, 0.2) is 5.38 Å². The Balaban J connectivity index is 1.69. The second-order valence-electron chi connectivity index (χ2n) is 6.22. The van der Waals surface area contributed by atoms with Crippen molar-refractivity contribution in [3.05, 3.63) is 16.1 Å². The summed E-state index contributed by atoms with van der Waals surface area (Å²) in [7, 11) is 0. The number of amides is 1. The summed E-state index contributed by atoms with van der Waals surface area (Å²) in [5, 5.41) is 5.75. The molecule has 0 radical (unpaired) electrons. The Labute approximate surface area is 143 Å². The first kappa shape index (κ1) is 18.3. The van der Waals surface area contributed by atoms with Crippen LogP contribution in [-0.2, 0) is 6.42 Å². The van der Waals surface area contributed by atoms with Gasteiger partial charge < -0.3 is 20.9 Å². The first-order chi connectivity index (χ1) is 11.1. The molecule has 3 N–H and O–H groups in total. The van der Waals surface area contributed by atoms with Crippen LogP contribution in [0, 0.1) is 5.92 Å². The van der Waals surface area contributed by atoms with Crippen molar-refractivity contribution in [1.82, 2.24) is 20.1 Å². The Bertz CT molecular complexity index is 485. The highest BCUT2D eigenvalue weighted by Crippen LogP contribution is 2.10. The number of piperazine rings is 1. The average molecular weight is 340 g/mol. The molecule has 0 aliphatic carbocycles. The average Bonchev–Trinajstić information content (AvgIpc) is 3.02. The summed E-state index contributed by atoms with van der Waals surface area (Å²) in [5.74, 6) is 0.362. The number of thiazole rings is 1. The highest BCUT2D eigenvalue weighted by atomic mass is 32.1. The van der Waals surface area contributed by atoms with Crippen molar-refractivity contribution in [2.45, 2.75) is 20.3 Å². The Morgan fingerprint density at radius 1 is 1.39 bits per heavy atom. The molecule has 7 heteroatoms. The number of carbonyl (C=O) groups is 1. The summed E-state index contributed by atoms with van der Waals surface area (Å²) in [6, 6.07) is 0. The van der Waals surface area contributed by atoms with Gasteiger partial charge in [0.15, 0.2) is 0 Å². The molecule has 1 saturated heterocycles. The van der Waals surface area contributed by atoms with E-state index >= 15 is 0 Å². The zero-order valence-electron chi connectivity index (χ0n) is 14.3. The molecular weight excluding hydrogens is 310 g/mol. The van der Waals surface area contributed by atoms with Crippen molar-refractivity contribution >= 4 is 17.2 Å². The van der Waals surface area contributed by atoms with Crippen molar-refractivity contribution in [1.29, 1.82) is 0 Å². The Kier molecular flexibility index (Phi) is 7.42. The van der Waals surface area contributed by atoms with E-state index in [2.05, 4.69) is 33.9 Å². The third-order valence-corrected chi connectivity index (χ3v) is 5.14. The minimum atomic E-state index is -0.0767. The van der Waals surface area contributed by atoms with Gasteiger partial charge in [-0.15, -0.1) is 11.3 Å². The lowest BCUT2D eigenvalue weighted by atomic mass is 10.1. The van der Waals surface area contributed by atoms with Crippen LogP contribution in [0.2, 0.25) is 0 Å². The highest BCUT2D eigenvalue weighted by Gasteiger charge is 2.18. The quantitative estimate of drug-likeness (QED) is 0.727. The molecule has 0 bridgehead atoms. The molecule has 0 aromatic carbocycles. The van der Waals surface area contributed by atoms with Crippen LogP contribution in [0.5, 0.6) is 0 Å².